The summed E-state index contributed by atoms with van der Waals surface area (Å²) in [5.41, 5.74) is 0. The summed E-state index contributed by atoms with van der Waals surface area (Å²) < 4.78 is 10.1. The van der Waals surface area contributed by atoms with Gasteiger partial charge in [0.2, 0.25) is 0 Å². The predicted octanol–water partition coefficient (Wildman–Crippen LogP) is 1.22. The molecule has 48 valence electrons. The molecule has 0 amide bonds. The van der Waals surface area contributed by atoms with Gasteiger partial charge in [-0.15, -0.1) is 0 Å². The van der Waals surface area contributed by atoms with Crippen molar-refractivity contribution in [2.45, 2.75) is 12.5 Å². The maximum absolute atomic E-state index is 5.10. The van der Waals surface area contributed by atoms with Crippen molar-refractivity contribution in [1.29, 1.82) is 0 Å². The van der Waals surface area contributed by atoms with Crippen molar-refractivity contribution in [1.82, 2.24) is 0 Å². The molecule has 2 rings (SSSR count). The van der Waals surface area contributed by atoms with Crippen LogP contribution >= 0.6 is 0 Å². The lowest BCUT2D eigenvalue weighted by molar-refractivity contribution is 0.388. The fourth-order valence-electron chi connectivity index (χ4n) is 0.839. The lowest BCUT2D eigenvalue weighted by Gasteiger charge is -1.86. The second kappa shape index (κ2) is 1.88. The zero-order valence-electron chi connectivity index (χ0n) is 5.04. The van der Waals surface area contributed by atoms with Gasteiger partial charge >= 0.3 is 0 Å². The van der Waals surface area contributed by atoms with Crippen LogP contribution < -0.4 is 0 Å². The fourth-order valence-corrected chi connectivity index (χ4v) is 0.839. The highest BCUT2D eigenvalue weighted by Gasteiger charge is 2.23. The summed E-state index contributed by atoms with van der Waals surface area (Å²) >= 11 is 0. The Kier molecular flexibility index (Phi) is 1.06. The summed E-state index contributed by atoms with van der Waals surface area (Å²) in [7, 11) is 0. The van der Waals surface area contributed by atoms with Crippen LogP contribution in [0.1, 0.15) is 5.76 Å². The van der Waals surface area contributed by atoms with Gasteiger partial charge in [0.1, 0.15) is 5.76 Å². The van der Waals surface area contributed by atoms with Crippen molar-refractivity contribution in [3.05, 3.63) is 24.2 Å². The Labute approximate surface area is 53.4 Å². The van der Waals surface area contributed by atoms with Crippen LogP contribution in [0, 0.1) is 0 Å². The summed E-state index contributed by atoms with van der Waals surface area (Å²) in [4.78, 5) is 0. The van der Waals surface area contributed by atoms with E-state index < -0.39 is 0 Å². The summed E-state index contributed by atoms with van der Waals surface area (Å²) in [6, 6.07) is 3.87. The topological polar surface area (TPSA) is 25.7 Å². The summed E-state index contributed by atoms with van der Waals surface area (Å²) in [5.74, 6) is 1.03. The fraction of sp³-hybridized carbons (Fsp3) is 0.429. The third-order valence-electron chi connectivity index (χ3n) is 1.41. The molecule has 0 aromatic carbocycles. The number of epoxide rings is 1. The largest absolute Gasteiger partial charge is 0.469 e. The lowest BCUT2D eigenvalue weighted by Crippen LogP contribution is -1.88. The van der Waals surface area contributed by atoms with E-state index in [0.29, 0.717) is 6.10 Å². The Morgan fingerprint density at radius 1 is 1.67 bits per heavy atom. The predicted molar refractivity (Wildman–Crippen MR) is 32.2 cm³/mol. The molecule has 1 saturated heterocycles. The molecule has 2 heteroatoms. The smallest absolute Gasteiger partial charge is 0.106 e. The van der Waals surface area contributed by atoms with Gasteiger partial charge < -0.3 is 9.15 Å². The quantitative estimate of drug-likeness (QED) is 0.554. The van der Waals surface area contributed by atoms with Crippen LogP contribution in [0.5, 0.6) is 0 Å². The molecule has 0 aliphatic carbocycles. The molecule has 1 aromatic heterocycles. The molecular formula is C7H8O2. The Morgan fingerprint density at radius 3 is 3.11 bits per heavy atom. The summed E-state index contributed by atoms with van der Waals surface area (Å²) in [6.45, 7) is 0.903. The summed E-state index contributed by atoms with van der Waals surface area (Å²) in [5, 5.41) is 0. The zero-order valence-corrected chi connectivity index (χ0v) is 5.04. The summed E-state index contributed by atoms with van der Waals surface area (Å²) in [6.07, 6.45) is 3.07. The number of ether oxygens (including phenoxy) is 1. The molecule has 0 radical (unpaired) electrons. The van der Waals surface area contributed by atoms with Crippen LogP contribution in [0.3, 0.4) is 0 Å². The third kappa shape index (κ3) is 1.13. The first-order chi connectivity index (χ1) is 4.45. The van der Waals surface area contributed by atoms with Crippen LogP contribution in [-0.2, 0) is 11.2 Å². The van der Waals surface area contributed by atoms with Gasteiger partial charge in [-0.2, -0.15) is 0 Å². The minimum atomic E-state index is 0.441. The first-order valence-corrected chi connectivity index (χ1v) is 3.09. The molecule has 2 heterocycles. The van der Waals surface area contributed by atoms with Crippen LogP contribution in [0.2, 0.25) is 0 Å². The van der Waals surface area contributed by atoms with E-state index in [1.807, 2.05) is 12.1 Å². The third-order valence-corrected chi connectivity index (χ3v) is 1.41. The Morgan fingerprint density at radius 2 is 2.56 bits per heavy atom. The van der Waals surface area contributed by atoms with E-state index in [4.69, 9.17) is 9.15 Å². The van der Waals surface area contributed by atoms with Gasteiger partial charge in [0.25, 0.3) is 0 Å². The molecule has 9 heavy (non-hydrogen) atoms. The van der Waals surface area contributed by atoms with Gasteiger partial charge in [-0.05, 0) is 12.1 Å². The van der Waals surface area contributed by atoms with Crippen LogP contribution in [-0.4, -0.2) is 12.7 Å². The molecule has 1 aliphatic rings. The molecular weight excluding hydrogens is 116 g/mol. The van der Waals surface area contributed by atoms with Gasteiger partial charge in [0.05, 0.1) is 19.0 Å². The average Bonchev–Trinajstić information content (AvgIpc) is 2.46. The highest BCUT2D eigenvalue weighted by molar-refractivity contribution is 5.01. The highest BCUT2D eigenvalue weighted by Crippen LogP contribution is 2.15. The Bertz CT molecular complexity index is 175. The van der Waals surface area contributed by atoms with Gasteiger partial charge in [-0.25, -0.2) is 0 Å². The lowest BCUT2D eigenvalue weighted by atomic mass is 10.3. The average molecular weight is 124 g/mol. The SMILES string of the molecule is c1coc(CC2CO2)c1. The van der Waals surface area contributed by atoms with Gasteiger partial charge in [-0.3, -0.25) is 0 Å². The highest BCUT2D eigenvalue weighted by atomic mass is 16.6. The molecule has 1 atom stereocenters. The van der Waals surface area contributed by atoms with E-state index >= 15 is 0 Å². The van der Waals surface area contributed by atoms with E-state index in [1.54, 1.807) is 6.26 Å². The van der Waals surface area contributed by atoms with Crippen molar-refractivity contribution in [3.63, 3.8) is 0 Å². The minimum Gasteiger partial charge on any atom is -0.469 e. The Hall–Kier alpha value is -0.760. The first kappa shape index (κ1) is 5.06. The normalized spacial score (nSPS) is 24.2. The molecule has 2 nitrogen and oxygen atoms in total. The van der Waals surface area contributed by atoms with Crippen molar-refractivity contribution in [3.8, 4) is 0 Å². The number of hydrogen-bond acceptors (Lipinski definition) is 2. The van der Waals surface area contributed by atoms with Crippen molar-refractivity contribution >= 4 is 0 Å². The van der Waals surface area contributed by atoms with E-state index in [1.165, 1.54) is 0 Å². The second-order valence-electron chi connectivity index (χ2n) is 2.24. The standard InChI is InChI=1S/C7H8O2/c1-2-6(8-3-1)4-7-5-9-7/h1-3,7H,4-5H2. The molecule has 1 fully saturated rings. The molecule has 1 aliphatic heterocycles. The molecule has 1 unspecified atom stereocenters. The van der Waals surface area contributed by atoms with E-state index in [-0.39, 0.29) is 0 Å². The second-order valence-corrected chi connectivity index (χ2v) is 2.24. The molecule has 0 spiro atoms. The van der Waals surface area contributed by atoms with E-state index in [9.17, 15) is 0 Å². The van der Waals surface area contributed by atoms with Crippen LogP contribution in [0.15, 0.2) is 22.8 Å². The molecule has 0 N–H and O–H groups in total. The van der Waals surface area contributed by atoms with E-state index in [0.717, 1.165) is 18.8 Å². The maximum atomic E-state index is 5.10. The van der Waals surface area contributed by atoms with Gasteiger partial charge in [0.15, 0.2) is 0 Å². The van der Waals surface area contributed by atoms with Gasteiger partial charge in [0, 0.05) is 6.42 Å². The van der Waals surface area contributed by atoms with E-state index in [2.05, 4.69) is 0 Å². The monoisotopic (exact) mass is 124 g/mol. The number of hydrogen-bond donors (Lipinski definition) is 0. The maximum Gasteiger partial charge on any atom is 0.106 e. The van der Waals surface area contributed by atoms with Crippen LogP contribution in [0.25, 0.3) is 0 Å². The molecule has 0 bridgehead atoms. The van der Waals surface area contributed by atoms with Gasteiger partial charge in [-0.1, -0.05) is 0 Å². The zero-order chi connectivity index (χ0) is 6.10. The molecule has 1 aromatic rings. The van der Waals surface area contributed by atoms with Crippen molar-refractivity contribution in [2.75, 3.05) is 6.61 Å². The van der Waals surface area contributed by atoms with Crippen molar-refractivity contribution < 1.29 is 9.15 Å². The number of rotatable bonds is 2. The van der Waals surface area contributed by atoms with Crippen LogP contribution in [0.4, 0.5) is 0 Å². The van der Waals surface area contributed by atoms with Crippen molar-refractivity contribution in [2.24, 2.45) is 0 Å². The first-order valence-electron chi connectivity index (χ1n) is 3.09. The minimum absolute atomic E-state index is 0.441. The molecule has 0 saturated carbocycles. The Balaban J connectivity index is 1.99. The number of furan rings is 1.